The molecule has 53 heavy (non-hydrogen) atoms. The molecule has 0 unspecified atom stereocenters. The highest BCUT2D eigenvalue weighted by Crippen LogP contribution is 2.39. The van der Waals surface area contributed by atoms with Crippen LogP contribution in [0, 0.1) is 0 Å². The van der Waals surface area contributed by atoms with Gasteiger partial charge in [0, 0.05) is 17.1 Å². The van der Waals surface area contributed by atoms with Crippen LogP contribution in [0.1, 0.15) is 0 Å². The second-order valence-electron chi connectivity index (χ2n) is 13.4. The zero-order valence-corrected chi connectivity index (χ0v) is 29.3. The van der Waals surface area contributed by atoms with Crippen LogP contribution in [-0.2, 0) is 0 Å². The van der Waals surface area contributed by atoms with Crippen molar-refractivity contribution in [1.82, 2.24) is 0 Å². The van der Waals surface area contributed by atoms with Crippen molar-refractivity contribution in [2.45, 2.75) is 0 Å². The summed E-state index contributed by atoms with van der Waals surface area (Å²) in [6, 6.07) is 80.7. The van der Waals surface area contributed by atoms with Crippen LogP contribution in [0.2, 0.25) is 0 Å². The van der Waals surface area contributed by atoms with Crippen LogP contribution in [0.4, 0.5) is 17.1 Å². The number of rotatable bonds is 8. The van der Waals surface area contributed by atoms with E-state index in [0.29, 0.717) is 0 Å². The Bertz CT molecular complexity index is 2620. The molecule has 0 spiro atoms. The minimum Gasteiger partial charge on any atom is -0.311 e. The third-order valence-corrected chi connectivity index (χ3v) is 10.1. The third-order valence-electron chi connectivity index (χ3n) is 10.1. The summed E-state index contributed by atoms with van der Waals surface area (Å²) < 4.78 is 0. The van der Waals surface area contributed by atoms with Gasteiger partial charge < -0.3 is 4.90 Å². The summed E-state index contributed by atoms with van der Waals surface area (Å²) in [5.41, 5.74) is 15.4. The molecule has 0 heterocycles. The van der Waals surface area contributed by atoms with Gasteiger partial charge in [-0.3, -0.25) is 0 Å². The molecule has 1 heteroatoms. The van der Waals surface area contributed by atoms with Crippen LogP contribution in [0.5, 0.6) is 0 Å². The predicted octanol–water partition coefficient (Wildman–Crippen LogP) is 14.6. The van der Waals surface area contributed by atoms with Gasteiger partial charge in [0.2, 0.25) is 0 Å². The maximum absolute atomic E-state index is 2.34. The van der Waals surface area contributed by atoms with E-state index >= 15 is 0 Å². The quantitative estimate of drug-likeness (QED) is 0.155. The lowest BCUT2D eigenvalue weighted by molar-refractivity contribution is 1.28. The zero-order valence-electron chi connectivity index (χ0n) is 29.3. The minimum absolute atomic E-state index is 1.10. The highest BCUT2D eigenvalue weighted by Gasteiger charge is 2.15. The van der Waals surface area contributed by atoms with Crippen molar-refractivity contribution in [2.24, 2.45) is 0 Å². The fourth-order valence-corrected chi connectivity index (χ4v) is 7.33. The molecule has 250 valence electrons. The molecule has 0 aliphatic rings. The molecule has 9 aromatic rings. The lowest BCUT2D eigenvalue weighted by atomic mass is 9.94. The maximum Gasteiger partial charge on any atom is 0.0462 e. The number of benzene rings is 9. The van der Waals surface area contributed by atoms with Crippen LogP contribution < -0.4 is 4.90 Å². The van der Waals surface area contributed by atoms with E-state index in [4.69, 9.17) is 0 Å². The van der Waals surface area contributed by atoms with Crippen LogP contribution in [-0.4, -0.2) is 0 Å². The van der Waals surface area contributed by atoms with E-state index in [1.54, 1.807) is 0 Å². The third kappa shape index (κ3) is 6.65. The molecule has 0 aliphatic heterocycles. The topological polar surface area (TPSA) is 3.24 Å². The summed E-state index contributed by atoms with van der Waals surface area (Å²) in [5.74, 6) is 0. The number of fused-ring (bicyclic) bond motifs is 1. The molecule has 1 nitrogen and oxygen atoms in total. The van der Waals surface area contributed by atoms with Crippen LogP contribution in [0.3, 0.4) is 0 Å². The fraction of sp³-hybridized carbons (Fsp3) is 0. The normalized spacial score (nSPS) is 11.0. The summed E-state index contributed by atoms with van der Waals surface area (Å²) in [4.78, 5) is 2.34. The van der Waals surface area contributed by atoms with E-state index in [9.17, 15) is 0 Å². The molecule has 0 amide bonds. The van der Waals surface area contributed by atoms with Gasteiger partial charge in [-0.2, -0.15) is 0 Å². The second kappa shape index (κ2) is 14.3. The Morgan fingerprint density at radius 3 is 1.15 bits per heavy atom. The Labute approximate surface area is 311 Å². The first kappa shape index (κ1) is 32.0. The van der Waals surface area contributed by atoms with E-state index in [2.05, 4.69) is 229 Å². The summed E-state index contributed by atoms with van der Waals surface area (Å²) in [7, 11) is 0. The van der Waals surface area contributed by atoms with Gasteiger partial charge in [0.25, 0.3) is 0 Å². The SMILES string of the molecule is c1ccc(-c2ccc(N(c3ccc(-c4cccc(-c5ccc6ccccc6c5)c4)cc3)c3ccc(-c4ccccc4-c4ccccc4)cc3)cc2)cc1. The van der Waals surface area contributed by atoms with Crippen molar-refractivity contribution in [1.29, 1.82) is 0 Å². The number of anilines is 3. The lowest BCUT2D eigenvalue weighted by Gasteiger charge is -2.26. The van der Waals surface area contributed by atoms with E-state index in [0.717, 1.165) is 17.1 Å². The van der Waals surface area contributed by atoms with Gasteiger partial charge in [-0.25, -0.2) is 0 Å². The fourth-order valence-electron chi connectivity index (χ4n) is 7.33. The molecular weight excluding hydrogens is 639 g/mol. The first-order chi connectivity index (χ1) is 26.3. The van der Waals surface area contributed by atoms with Crippen LogP contribution in [0.25, 0.3) is 66.4 Å². The Morgan fingerprint density at radius 2 is 0.566 bits per heavy atom. The molecular formula is C52H37N. The Morgan fingerprint density at radius 1 is 0.208 bits per heavy atom. The zero-order chi connectivity index (χ0) is 35.4. The molecule has 0 bridgehead atoms. The summed E-state index contributed by atoms with van der Waals surface area (Å²) >= 11 is 0. The molecule has 0 N–H and O–H groups in total. The molecule has 9 aromatic carbocycles. The molecule has 0 aromatic heterocycles. The monoisotopic (exact) mass is 675 g/mol. The van der Waals surface area contributed by atoms with Crippen molar-refractivity contribution in [2.75, 3.05) is 4.90 Å². The van der Waals surface area contributed by atoms with Gasteiger partial charge in [0.05, 0.1) is 0 Å². The Kier molecular flexibility index (Phi) is 8.66. The molecule has 0 aliphatic carbocycles. The number of hydrogen-bond donors (Lipinski definition) is 0. The van der Waals surface area contributed by atoms with Crippen molar-refractivity contribution in [3.63, 3.8) is 0 Å². The predicted molar refractivity (Wildman–Crippen MR) is 226 cm³/mol. The molecule has 0 saturated heterocycles. The largest absolute Gasteiger partial charge is 0.311 e. The first-order valence-corrected chi connectivity index (χ1v) is 18.2. The average molecular weight is 676 g/mol. The van der Waals surface area contributed by atoms with Gasteiger partial charge in [-0.15, -0.1) is 0 Å². The van der Waals surface area contributed by atoms with E-state index < -0.39 is 0 Å². The maximum atomic E-state index is 2.34. The molecule has 0 fully saturated rings. The van der Waals surface area contributed by atoms with Crippen molar-refractivity contribution >= 4 is 27.8 Å². The summed E-state index contributed by atoms with van der Waals surface area (Å²) in [6.07, 6.45) is 0. The smallest absolute Gasteiger partial charge is 0.0462 e. The average Bonchev–Trinajstić information content (AvgIpc) is 3.25. The standard InChI is InChI=1S/C52H37N/c1-3-12-38(13-4-1)40-24-30-48(31-25-40)53(50-34-28-43(29-35-50)52-21-10-9-20-51(52)42-15-5-2-6-16-42)49-32-26-41(27-33-49)45-18-11-19-46(36-45)47-23-22-39-14-7-8-17-44(39)37-47/h1-37H. The van der Waals surface area contributed by atoms with Gasteiger partial charge in [-0.1, -0.05) is 176 Å². The van der Waals surface area contributed by atoms with Crippen molar-refractivity contribution < 1.29 is 0 Å². The number of nitrogens with zero attached hydrogens (tertiary/aromatic N) is 1. The lowest BCUT2D eigenvalue weighted by Crippen LogP contribution is -2.09. The summed E-state index contributed by atoms with van der Waals surface area (Å²) in [6.45, 7) is 0. The molecule has 0 atom stereocenters. The Hall–Kier alpha value is -6.96. The Balaban J connectivity index is 1.07. The minimum atomic E-state index is 1.10. The van der Waals surface area contributed by atoms with Gasteiger partial charge in [0.1, 0.15) is 0 Å². The van der Waals surface area contributed by atoms with E-state index in [1.807, 2.05) is 0 Å². The van der Waals surface area contributed by atoms with Gasteiger partial charge in [-0.05, 0) is 115 Å². The second-order valence-corrected chi connectivity index (χ2v) is 13.4. The summed E-state index contributed by atoms with van der Waals surface area (Å²) in [5, 5.41) is 2.51. The van der Waals surface area contributed by atoms with Gasteiger partial charge >= 0.3 is 0 Å². The number of hydrogen-bond acceptors (Lipinski definition) is 1. The molecule has 0 radical (unpaired) electrons. The highest BCUT2D eigenvalue weighted by atomic mass is 15.1. The van der Waals surface area contributed by atoms with Crippen LogP contribution >= 0.6 is 0 Å². The van der Waals surface area contributed by atoms with E-state index in [-0.39, 0.29) is 0 Å². The van der Waals surface area contributed by atoms with Gasteiger partial charge in [0.15, 0.2) is 0 Å². The van der Waals surface area contributed by atoms with Crippen molar-refractivity contribution in [3.05, 3.63) is 224 Å². The molecule has 9 rings (SSSR count). The first-order valence-electron chi connectivity index (χ1n) is 18.2. The van der Waals surface area contributed by atoms with Crippen LogP contribution in [0.15, 0.2) is 224 Å². The van der Waals surface area contributed by atoms with E-state index in [1.165, 1.54) is 66.4 Å². The molecule has 0 saturated carbocycles. The van der Waals surface area contributed by atoms with Crippen molar-refractivity contribution in [3.8, 4) is 55.6 Å². The highest BCUT2D eigenvalue weighted by molar-refractivity contribution is 5.89.